The molecule has 0 amide bonds. The second-order valence-corrected chi connectivity index (χ2v) is 18.5. The maximum atomic E-state index is 12.8. The molecule has 0 radical (unpaired) electrons. The minimum Gasteiger partial charge on any atom is -0.462 e. The van der Waals surface area contributed by atoms with Crippen LogP contribution in [0.15, 0.2) is 85.1 Å². The van der Waals surface area contributed by atoms with E-state index >= 15 is 0 Å². The van der Waals surface area contributed by atoms with Crippen LogP contribution in [0.4, 0.5) is 0 Å². The third kappa shape index (κ3) is 53.4. The van der Waals surface area contributed by atoms with E-state index in [0.717, 1.165) is 89.9 Å². The molecule has 6 nitrogen and oxygen atoms in total. The molecule has 0 unspecified atom stereocenters. The summed E-state index contributed by atoms with van der Waals surface area (Å²) in [6.45, 7) is 6.46. The van der Waals surface area contributed by atoms with Crippen molar-refractivity contribution in [3.63, 3.8) is 0 Å². The van der Waals surface area contributed by atoms with Gasteiger partial charge in [-0.25, -0.2) is 0 Å². The highest BCUT2D eigenvalue weighted by Crippen LogP contribution is 2.14. The van der Waals surface area contributed by atoms with E-state index in [4.69, 9.17) is 14.2 Å². The number of rotatable bonds is 50. The van der Waals surface area contributed by atoms with E-state index < -0.39 is 6.10 Å². The lowest BCUT2D eigenvalue weighted by atomic mass is 10.1. The Labute approximate surface area is 414 Å². The highest BCUT2D eigenvalue weighted by molar-refractivity contribution is 5.71. The SMILES string of the molecule is CC/C=C\C/C=C\C/C=C\C/C=C\CCCCC(=O)O[C@@H](COC(=O)CCCCCCC/C=C\CCCCCCCC)COC(=O)CCCCCCCCCCC/C=C\C/C=C\CCCCC. The largest absolute Gasteiger partial charge is 0.462 e. The van der Waals surface area contributed by atoms with E-state index in [1.165, 1.54) is 128 Å². The van der Waals surface area contributed by atoms with Gasteiger partial charge in [0.25, 0.3) is 0 Å². The molecule has 384 valence electrons. The number of hydrogen-bond donors (Lipinski definition) is 0. The highest BCUT2D eigenvalue weighted by atomic mass is 16.6. The third-order valence-electron chi connectivity index (χ3n) is 11.9. The van der Waals surface area contributed by atoms with Crippen molar-refractivity contribution in [2.45, 2.75) is 271 Å². The number of hydrogen-bond acceptors (Lipinski definition) is 6. The zero-order valence-electron chi connectivity index (χ0n) is 43.9. The van der Waals surface area contributed by atoms with Crippen LogP contribution in [0.5, 0.6) is 0 Å². The molecule has 0 aliphatic carbocycles. The van der Waals surface area contributed by atoms with Crippen molar-refractivity contribution in [3.05, 3.63) is 85.1 Å². The molecule has 0 aromatic carbocycles. The van der Waals surface area contributed by atoms with Gasteiger partial charge in [0.05, 0.1) is 0 Å². The Bertz CT molecular complexity index is 1300. The first kappa shape index (κ1) is 63.6. The Balaban J connectivity index is 4.44. The van der Waals surface area contributed by atoms with Gasteiger partial charge in [-0.2, -0.15) is 0 Å². The van der Waals surface area contributed by atoms with Crippen LogP contribution in [-0.2, 0) is 28.6 Å². The van der Waals surface area contributed by atoms with Gasteiger partial charge in [0, 0.05) is 19.3 Å². The van der Waals surface area contributed by atoms with Crippen molar-refractivity contribution in [2.24, 2.45) is 0 Å². The van der Waals surface area contributed by atoms with Crippen molar-refractivity contribution in [2.75, 3.05) is 13.2 Å². The molecular weight excluding hydrogens is 829 g/mol. The standard InChI is InChI=1S/C61H104O6/c1-4-7-10-13-16-19-22-25-28-29-30-31-34-36-39-42-45-48-51-54-60(63)66-57-58(67-61(64)55-52-49-46-43-40-37-33-27-24-21-18-15-12-9-6-3)56-65-59(62)53-50-47-44-41-38-35-32-26-23-20-17-14-11-8-5-2/h9,12,16,18-19,21,25-28,32-33,40,43,58H,4-8,10-11,13-15,17,20,22-24,29-31,34-39,41-42,44-57H2,1-3H3/b12-9-,19-16-,21-18-,28-25-,32-26-,33-27-,43-40-/t58-/m0/s1. The van der Waals surface area contributed by atoms with E-state index in [1.807, 2.05) is 0 Å². The normalized spacial score (nSPS) is 12.7. The summed E-state index contributed by atoms with van der Waals surface area (Å²) in [4.78, 5) is 38.1. The van der Waals surface area contributed by atoms with E-state index in [1.54, 1.807) is 0 Å². The highest BCUT2D eigenvalue weighted by Gasteiger charge is 2.19. The molecule has 0 aliphatic rings. The van der Waals surface area contributed by atoms with Crippen LogP contribution in [0.3, 0.4) is 0 Å². The van der Waals surface area contributed by atoms with E-state index in [9.17, 15) is 14.4 Å². The van der Waals surface area contributed by atoms with Crippen molar-refractivity contribution in [1.82, 2.24) is 0 Å². The lowest BCUT2D eigenvalue weighted by Crippen LogP contribution is -2.30. The Morgan fingerprint density at radius 2 is 0.582 bits per heavy atom. The van der Waals surface area contributed by atoms with Gasteiger partial charge in [-0.1, -0.05) is 215 Å². The monoisotopic (exact) mass is 933 g/mol. The molecule has 0 aromatic heterocycles. The summed E-state index contributed by atoms with van der Waals surface area (Å²) in [7, 11) is 0. The fourth-order valence-electron chi connectivity index (χ4n) is 7.63. The molecule has 0 rings (SSSR count). The topological polar surface area (TPSA) is 78.9 Å². The fraction of sp³-hybridized carbons (Fsp3) is 0.721. The van der Waals surface area contributed by atoms with E-state index in [-0.39, 0.29) is 37.5 Å². The minimum absolute atomic E-state index is 0.0980. The Hall–Kier alpha value is -3.41. The van der Waals surface area contributed by atoms with Gasteiger partial charge in [0.1, 0.15) is 13.2 Å². The molecule has 0 heterocycles. The quantitative estimate of drug-likeness (QED) is 0.0262. The molecule has 0 saturated carbocycles. The van der Waals surface area contributed by atoms with Crippen LogP contribution in [0.25, 0.3) is 0 Å². The summed E-state index contributed by atoms with van der Waals surface area (Å²) in [5, 5.41) is 0. The van der Waals surface area contributed by atoms with Crippen LogP contribution >= 0.6 is 0 Å². The molecule has 0 bridgehead atoms. The van der Waals surface area contributed by atoms with Gasteiger partial charge < -0.3 is 14.2 Å². The second kappa shape index (κ2) is 55.2. The van der Waals surface area contributed by atoms with Gasteiger partial charge in [0.2, 0.25) is 0 Å². The Morgan fingerprint density at radius 1 is 0.313 bits per heavy atom. The van der Waals surface area contributed by atoms with Gasteiger partial charge in [-0.15, -0.1) is 0 Å². The minimum atomic E-state index is -0.804. The van der Waals surface area contributed by atoms with Crippen molar-refractivity contribution >= 4 is 17.9 Å². The summed E-state index contributed by atoms with van der Waals surface area (Å²) in [5.74, 6) is -0.949. The molecule has 0 aromatic rings. The predicted octanol–water partition coefficient (Wildman–Crippen LogP) is 18.8. The summed E-state index contributed by atoms with van der Waals surface area (Å²) in [6.07, 6.45) is 71.4. The second-order valence-electron chi connectivity index (χ2n) is 18.5. The first-order chi connectivity index (χ1) is 33.0. The average Bonchev–Trinajstić information content (AvgIpc) is 3.33. The van der Waals surface area contributed by atoms with Crippen LogP contribution in [0, 0.1) is 0 Å². The van der Waals surface area contributed by atoms with Gasteiger partial charge in [-0.3, -0.25) is 14.4 Å². The molecule has 6 heteroatoms. The molecule has 67 heavy (non-hydrogen) atoms. The maximum absolute atomic E-state index is 12.8. The number of allylic oxidation sites excluding steroid dienone is 14. The zero-order chi connectivity index (χ0) is 48.6. The van der Waals surface area contributed by atoms with E-state index in [0.29, 0.717) is 19.3 Å². The fourth-order valence-corrected chi connectivity index (χ4v) is 7.63. The molecule has 0 spiro atoms. The third-order valence-corrected chi connectivity index (χ3v) is 11.9. The Morgan fingerprint density at radius 3 is 0.985 bits per heavy atom. The van der Waals surface area contributed by atoms with Gasteiger partial charge in [0.15, 0.2) is 6.10 Å². The van der Waals surface area contributed by atoms with Crippen LogP contribution in [0.2, 0.25) is 0 Å². The lowest BCUT2D eigenvalue weighted by molar-refractivity contribution is -0.167. The molecule has 0 fully saturated rings. The van der Waals surface area contributed by atoms with Crippen LogP contribution in [-0.4, -0.2) is 37.2 Å². The number of esters is 3. The molecule has 0 saturated heterocycles. The summed E-state index contributed by atoms with van der Waals surface area (Å²) >= 11 is 0. The number of carbonyl (C=O) groups excluding carboxylic acids is 3. The zero-order valence-corrected chi connectivity index (χ0v) is 43.9. The molecular formula is C61H104O6. The van der Waals surface area contributed by atoms with Crippen molar-refractivity contribution in [1.29, 1.82) is 0 Å². The van der Waals surface area contributed by atoms with Gasteiger partial charge in [-0.05, 0) is 116 Å². The molecule has 1 atom stereocenters. The summed E-state index contributed by atoms with van der Waals surface area (Å²) in [6, 6.07) is 0. The summed E-state index contributed by atoms with van der Waals surface area (Å²) in [5.41, 5.74) is 0. The lowest BCUT2D eigenvalue weighted by Gasteiger charge is -2.18. The summed E-state index contributed by atoms with van der Waals surface area (Å²) < 4.78 is 16.8. The van der Waals surface area contributed by atoms with Gasteiger partial charge >= 0.3 is 17.9 Å². The smallest absolute Gasteiger partial charge is 0.306 e. The number of carbonyl (C=O) groups is 3. The average molecular weight is 933 g/mol. The van der Waals surface area contributed by atoms with E-state index in [2.05, 4.69) is 106 Å². The number of ether oxygens (including phenoxy) is 3. The first-order valence-electron chi connectivity index (χ1n) is 28.1. The Kier molecular flexibility index (Phi) is 52.4. The predicted molar refractivity (Wildman–Crippen MR) is 288 cm³/mol. The van der Waals surface area contributed by atoms with Crippen molar-refractivity contribution < 1.29 is 28.6 Å². The van der Waals surface area contributed by atoms with Crippen LogP contribution < -0.4 is 0 Å². The van der Waals surface area contributed by atoms with Crippen molar-refractivity contribution in [3.8, 4) is 0 Å². The molecule has 0 N–H and O–H groups in total. The number of unbranched alkanes of at least 4 members (excludes halogenated alkanes) is 25. The maximum Gasteiger partial charge on any atom is 0.306 e. The first-order valence-corrected chi connectivity index (χ1v) is 28.1. The van der Waals surface area contributed by atoms with Crippen LogP contribution in [0.1, 0.15) is 265 Å². The molecule has 0 aliphatic heterocycles.